The molecule has 0 saturated carbocycles. The van der Waals surface area contributed by atoms with E-state index in [2.05, 4.69) is 0 Å². The van der Waals surface area contributed by atoms with Gasteiger partial charge >= 0.3 is 10.1 Å². The summed E-state index contributed by atoms with van der Waals surface area (Å²) in [5, 5.41) is 0. The fourth-order valence-electron chi connectivity index (χ4n) is 2.02. The Morgan fingerprint density at radius 3 is 2.52 bits per heavy atom. The molecule has 0 fully saturated rings. The summed E-state index contributed by atoms with van der Waals surface area (Å²) in [6, 6.07) is 10.2. The van der Waals surface area contributed by atoms with Crippen LogP contribution in [0.15, 0.2) is 47.4 Å². The molecule has 5 heteroatoms. The maximum absolute atomic E-state index is 13.5. The highest BCUT2D eigenvalue weighted by atomic mass is 32.2. The second kappa shape index (κ2) is 6.26. The van der Waals surface area contributed by atoms with Gasteiger partial charge in [-0.15, -0.1) is 0 Å². The van der Waals surface area contributed by atoms with E-state index < -0.39 is 15.9 Å². The standard InChI is InChI=1S/C16H17FO3S/c1-3-6-13-11-14(10-9-12(13)2)21(18,19)20-16-8-5-4-7-15(16)17/h4-5,7-11H,3,6H2,1-2H3. The van der Waals surface area contributed by atoms with Crippen LogP contribution in [0.2, 0.25) is 0 Å². The molecule has 0 heterocycles. The van der Waals surface area contributed by atoms with Gasteiger partial charge in [0.2, 0.25) is 0 Å². The highest BCUT2D eigenvalue weighted by molar-refractivity contribution is 7.87. The van der Waals surface area contributed by atoms with Crippen LogP contribution in [0.4, 0.5) is 4.39 Å². The van der Waals surface area contributed by atoms with E-state index in [-0.39, 0.29) is 10.6 Å². The summed E-state index contributed by atoms with van der Waals surface area (Å²) >= 11 is 0. The third-order valence-electron chi connectivity index (χ3n) is 3.16. The van der Waals surface area contributed by atoms with Crippen LogP contribution in [0.1, 0.15) is 24.5 Å². The molecular weight excluding hydrogens is 291 g/mol. The van der Waals surface area contributed by atoms with E-state index in [0.29, 0.717) is 0 Å². The van der Waals surface area contributed by atoms with Crippen molar-refractivity contribution in [3.63, 3.8) is 0 Å². The summed E-state index contributed by atoms with van der Waals surface area (Å²) in [5.74, 6) is -1.00. The van der Waals surface area contributed by atoms with Crippen LogP contribution in [-0.2, 0) is 16.5 Å². The second-order valence-corrected chi connectivity index (χ2v) is 6.35. The van der Waals surface area contributed by atoms with Gasteiger partial charge in [0.1, 0.15) is 4.90 Å². The molecule has 2 aromatic carbocycles. The van der Waals surface area contributed by atoms with E-state index in [1.807, 2.05) is 13.8 Å². The van der Waals surface area contributed by atoms with Crippen LogP contribution in [0.3, 0.4) is 0 Å². The summed E-state index contributed by atoms with van der Waals surface area (Å²) < 4.78 is 42.9. The predicted octanol–water partition coefficient (Wildman–Crippen LogP) is 3.85. The maximum atomic E-state index is 13.5. The van der Waals surface area contributed by atoms with Crippen molar-refractivity contribution in [1.29, 1.82) is 0 Å². The molecule has 2 aromatic rings. The van der Waals surface area contributed by atoms with Gasteiger partial charge in [0.05, 0.1) is 0 Å². The first-order valence-corrected chi connectivity index (χ1v) is 8.13. The molecule has 112 valence electrons. The van der Waals surface area contributed by atoms with E-state index >= 15 is 0 Å². The quantitative estimate of drug-likeness (QED) is 0.788. The Kier molecular flexibility index (Phi) is 4.63. The topological polar surface area (TPSA) is 43.4 Å². The first kappa shape index (κ1) is 15.5. The van der Waals surface area contributed by atoms with E-state index in [4.69, 9.17) is 4.18 Å². The van der Waals surface area contributed by atoms with Crippen molar-refractivity contribution < 1.29 is 17.0 Å². The fourth-order valence-corrected chi connectivity index (χ4v) is 3.01. The van der Waals surface area contributed by atoms with Crippen molar-refractivity contribution in [3.8, 4) is 5.75 Å². The lowest BCUT2D eigenvalue weighted by Crippen LogP contribution is -2.11. The lowest BCUT2D eigenvalue weighted by molar-refractivity contribution is 0.461. The zero-order valence-electron chi connectivity index (χ0n) is 12.0. The first-order chi connectivity index (χ1) is 9.94. The van der Waals surface area contributed by atoms with Gasteiger partial charge in [-0.2, -0.15) is 8.42 Å². The van der Waals surface area contributed by atoms with Crippen molar-refractivity contribution in [3.05, 3.63) is 59.4 Å². The minimum atomic E-state index is -4.03. The second-order valence-electron chi connectivity index (χ2n) is 4.81. The largest absolute Gasteiger partial charge is 0.376 e. The van der Waals surface area contributed by atoms with Crippen LogP contribution in [0, 0.1) is 12.7 Å². The van der Waals surface area contributed by atoms with Gasteiger partial charge in [-0.3, -0.25) is 0 Å². The molecule has 0 aromatic heterocycles. The smallest absolute Gasteiger partial charge is 0.339 e. The van der Waals surface area contributed by atoms with Gasteiger partial charge in [-0.25, -0.2) is 4.39 Å². The Bertz CT molecular complexity index is 739. The van der Waals surface area contributed by atoms with E-state index in [0.717, 1.165) is 30.0 Å². The normalized spacial score (nSPS) is 11.4. The number of halogens is 1. The minimum Gasteiger partial charge on any atom is -0.376 e. The van der Waals surface area contributed by atoms with E-state index in [1.54, 1.807) is 12.1 Å². The third kappa shape index (κ3) is 3.61. The first-order valence-electron chi connectivity index (χ1n) is 6.72. The number of benzene rings is 2. The summed E-state index contributed by atoms with van der Waals surface area (Å²) in [6.45, 7) is 3.95. The van der Waals surface area contributed by atoms with Gasteiger partial charge < -0.3 is 4.18 Å². The van der Waals surface area contributed by atoms with Crippen molar-refractivity contribution >= 4 is 10.1 Å². The summed E-state index contributed by atoms with van der Waals surface area (Å²) in [4.78, 5) is 0.0415. The predicted molar refractivity (Wildman–Crippen MR) is 79.4 cm³/mol. The van der Waals surface area contributed by atoms with Gasteiger partial charge in [-0.05, 0) is 48.7 Å². The zero-order valence-corrected chi connectivity index (χ0v) is 12.8. The monoisotopic (exact) mass is 308 g/mol. The van der Waals surface area contributed by atoms with Crippen LogP contribution >= 0.6 is 0 Å². The third-order valence-corrected chi connectivity index (χ3v) is 4.40. The Balaban J connectivity index is 2.36. The average Bonchev–Trinajstić information content (AvgIpc) is 2.44. The highest BCUT2D eigenvalue weighted by Gasteiger charge is 2.19. The molecule has 0 radical (unpaired) electrons. The molecule has 21 heavy (non-hydrogen) atoms. The van der Waals surface area contributed by atoms with Crippen LogP contribution in [0.25, 0.3) is 0 Å². The maximum Gasteiger partial charge on any atom is 0.339 e. The molecule has 0 aliphatic carbocycles. The SMILES string of the molecule is CCCc1cc(S(=O)(=O)Oc2ccccc2F)ccc1C. The Morgan fingerprint density at radius 2 is 1.86 bits per heavy atom. The minimum absolute atomic E-state index is 0.0415. The number of hydrogen-bond acceptors (Lipinski definition) is 3. The fraction of sp³-hybridized carbons (Fsp3) is 0.250. The van der Waals surface area contributed by atoms with Crippen molar-refractivity contribution in [2.24, 2.45) is 0 Å². The summed E-state index contributed by atoms with van der Waals surface area (Å²) in [7, 11) is -4.03. The van der Waals surface area contributed by atoms with Crippen LogP contribution < -0.4 is 4.18 Å². The highest BCUT2D eigenvalue weighted by Crippen LogP contribution is 2.23. The Labute approximate surface area is 124 Å². The van der Waals surface area contributed by atoms with Crippen LogP contribution in [0.5, 0.6) is 5.75 Å². The molecule has 0 atom stereocenters. The van der Waals surface area contributed by atoms with Gasteiger partial charge in [0.25, 0.3) is 0 Å². The molecule has 0 aliphatic rings. The van der Waals surface area contributed by atoms with Gasteiger partial charge in [-0.1, -0.05) is 31.5 Å². The molecule has 3 nitrogen and oxygen atoms in total. The number of rotatable bonds is 5. The van der Waals surface area contributed by atoms with Crippen LogP contribution in [-0.4, -0.2) is 8.42 Å². The van der Waals surface area contributed by atoms with Crippen molar-refractivity contribution in [2.45, 2.75) is 31.6 Å². The Hall–Kier alpha value is -1.88. The number of aryl methyl sites for hydroxylation is 2. The van der Waals surface area contributed by atoms with E-state index in [9.17, 15) is 12.8 Å². The lowest BCUT2D eigenvalue weighted by atomic mass is 10.1. The molecule has 0 saturated heterocycles. The summed E-state index contributed by atoms with van der Waals surface area (Å²) in [6.07, 6.45) is 1.70. The summed E-state index contributed by atoms with van der Waals surface area (Å²) in [5.41, 5.74) is 1.98. The number of hydrogen-bond donors (Lipinski definition) is 0. The molecule has 2 rings (SSSR count). The van der Waals surface area contributed by atoms with Crippen molar-refractivity contribution in [2.75, 3.05) is 0 Å². The molecule has 0 spiro atoms. The van der Waals surface area contributed by atoms with Gasteiger partial charge in [0, 0.05) is 0 Å². The van der Waals surface area contributed by atoms with Gasteiger partial charge in [0.15, 0.2) is 11.6 Å². The Morgan fingerprint density at radius 1 is 1.14 bits per heavy atom. The molecule has 0 unspecified atom stereocenters. The molecular formula is C16H17FO3S. The molecule has 0 N–H and O–H groups in total. The lowest BCUT2D eigenvalue weighted by Gasteiger charge is -2.10. The molecule has 0 bridgehead atoms. The van der Waals surface area contributed by atoms with E-state index in [1.165, 1.54) is 24.3 Å². The van der Waals surface area contributed by atoms with Crippen molar-refractivity contribution in [1.82, 2.24) is 0 Å². The zero-order chi connectivity index (χ0) is 15.5. The average molecular weight is 308 g/mol. The molecule has 0 aliphatic heterocycles. The number of para-hydroxylation sites is 1. The molecule has 0 amide bonds.